The zero-order chi connectivity index (χ0) is 20.4. The molecule has 0 aliphatic carbocycles. The Morgan fingerprint density at radius 1 is 1.45 bits per heavy atom. The first-order valence-corrected chi connectivity index (χ1v) is 10.4. The fraction of sp³-hybridized carbons (Fsp3) is 0.500. The number of hydrogen-bond acceptors (Lipinski definition) is 10. The molecule has 4 rings (SSSR count). The molecule has 1 fully saturated rings. The van der Waals surface area contributed by atoms with E-state index >= 15 is 0 Å². The number of nitrogen functional groups attached to an aromatic ring is 1. The molecule has 2 aliphatic rings. The molecule has 0 saturated carbocycles. The Kier molecular flexibility index (Phi) is 6.26. The van der Waals surface area contributed by atoms with Gasteiger partial charge in [0.2, 0.25) is 0 Å². The van der Waals surface area contributed by atoms with Gasteiger partial charge in [-0.2, -0.15) is 0 Å². The van der Waals surface area contributed by atoms with Gasteiger partial charge in [-0.1, -0.05) is 23.4 Å². The monoisotopic (exact) mass is 439 g/mol. The number of hydrogen-bond donors (Lipinski definition) is 2. The van der Waals surface area contributed by atoms with Crippen molar-refractivity contribution < 1.29 is 19.3 Å². The minimum atomic E-state index is -0.313. The molecular formula is C18H22ClN5O4S. The predicted octanol–water partition coefficient (Wildman–Crippen LogP) is 1.96. The topological polar surface area (TPSA) is 116 Å². The maximum absolute atomic E-state index is 9.40. The molecule has 1 saturated heterocycles. The highest BCUT2D eigenvalue weighted by molar-refractivity contribution is 7.99. The number of aliphatic hydroxyl groups excluding tert-OH is 1. The van der Waals surface area contributed by atoms with E-state index in [1.54, 1.807) is 13.3 Å². The summed E-state index contributed by atoms with van der Waals surface area (Å²) in [7, 11) is 1.62. The van der Waals surface area contributed by atoms with Gasteiger partial charge < -0.3 is 30.0 Å². The summed E-state index contributed by atoms with van der Waals surface area (Å²) >= 11 is 7.28. The number of pyridine rings is 1. The van der Waals surface area contributed by atoms with E-state index in [9.17, 15) is 5.11 Å². The Hall–Kier alpha value is -1.85. The van der Waals surface area contributed by atoms with Crippen LogP contribution in [0, 0.1) is 5.92 Å². The summed E-state index contributed by atoms with van der Waals surface area (Å²) in [4.78, 5) is 16.1. The van der Waals surface area contributed by atoms with Crippen LogP contribution >= 0.6 is 23.4 Å². The number of nitrogens with zero attached hydrogens (tertiary/aromatic N) is 4. The van der Waals surface area contributed by atoms with Crippen LogP contribution in [0.1, 0.15) is 12.1 Å². The second-order valence-electron chi connectivity index (χ2n) is 6.87. The van der Waals surface area contributed by atoms with Gasteiger partial charge in [0.15, 0.2) is 22.5 Å². The molecule has 0 spiro atoms. The third kappa shape index (κ3) is 4.22. The number of fused-ring (bicyclic) bond motifs is 3. The first-order chi connectivity index (χ1) is 14.1. The summed E-state index contributed by atoms with van der Waals surface area (Å²) in [6, 6.07) is 2.13. The van der Waals surface area contributed by atoms with Crippen molar-refractivity contribution in [2.75, 3.05) is 44.3 Å². The lowest BCUT2D eigenvalue weighted by molar-refractivity contribution is -0.0414. The van der Waals surface area contributed by atoms with Crippen molar-refractivity contribution in [1.82, 2.24) is 15.0 Å². The molecule has 0 amide bonds. The number of nitrogens with two attached hydrogens (primary N) is 1. The number of rotatable bonds is 7. The molecule has 0 aromatic carbocycles. The highest BCUT2D eigenvalue weighted by atomic mass is 35.5. The summed E-state index contributed by atoms with van der Waals surface area (Å²) in [6.07, 6.45) is 2.73. The lowest BCUT2D eigenvalue weighted by Gasteiger charge is -2.33. The van der Waals surface area contributed by atoms with Crippen LogP contribution in [0.3, 0.4) is 0 Å². The van der Waals surface area contributed by atoms with Gasteiger partial charge in [-0.25, -0.2) is 15.0 Å². The van der Waals surface area contributed by atoms with Crippen LogP contribution in [0.15, 0.2) is 22.2 Å². The Morgan fingerprint density at radius 2 is 2.31 bits per heavy atom. The van der Waals surface area contributed by atoms with Crippen LogP contribution in [0.5, 0.6) is 5.75 Å². The van der Waals surface area contributed by atoms with Crippen LogP contribution in [-0.4, -0.2) is 59.8 Å². The second kappa shape index (κ2) is 8.88. The molecule has 3 N–H and O–H groups in total. The molecule has 2 atom stereocenters. The van der Waals surface area contributed by atoms with E-state index < -0.39 is 0 Å². The fourth-order valence-corrected chi connectivity index (χ4v) is 4.67. The van der Waals surface area contributed by atoms with E-state index in [1.165, 1.54) is 11.8 Å². The molecule has 4 heterocycles. The highest BCUT2D eigenvalue weighted by Crippen LogP contribution is 2.45. The van der Waals surface area contributed by atoms with Crippen molar-refractivity contribution in [3.63, 3.8) is 0 Å². The maximum atomic E-state index is 9.40. The Labute approximate surface area is 177 Å². The van der Waals surface area contributed by atoms with E-state index in [0.717, 1.165) is 23.7 Å². The van der Waals surface area contributed by atoms with Crippen LogP contribution in [0.4, 0.5) is 11.6 Å². The number of aliphatic hydroxyl groups is 1. The van der Waals surface area contributed by atoms with Gasteiger partial charge in [-0.05, 0) is 12.5 Å². The van der Waals surface area contributed by atoms with E-state index in [2.05, 4.69) is 19.9 Å². The molecule has 2 aromatic rings. The summed E-state index contributed by atoms with van der Waals surface area (Å²) in [5.74, 6) is 2.11. The average molecular weight is 440 g/mol. The van der Waals surface area contributed by atoms with E-state index in [4.69, 9.17) is 31.5 Å². The van der Waals surface area contributed by atoms with Crippen LogP contribution in [0.2, 0.25) is 5.15 Å². The smallest absolute Gasteiger partial charge is 0.175 e. The Bertz CT molecular complexity index is 890. The van der Waals surface area contributed by atoms with Crippen molar-refractivity contribution in [2.45, 2.75) is 29.0 Å². The lowest BCUT2D eigenvalue weighted by Crippen LogP contribution is -2.39. The van der Waals surface area contributed by atoms with Crippen molar-refractivity contribution in [2.24, 2.45) is 5.92 Å². The third-order valence-corrected chi connectivity index (χ3v) is 6.20. The van der Waals surface area contributed by atoms with Crippen LogP contribution in [-0.2, 0) is 16.1 Å². The number of halogens is 1. The summed E-state index contributed by atoms with van der Waals surface area (Å²) in [5, 5.41) is 9.96. The molecule has 29 heavy (non-hydrogen) atoms. The number of anilines is 2. The van der Waals surface area contributed by atoms with Gasteiger partial charge >= 0.3 is 0 Å². The molecule has 0 radical (unpaired) electrons. The standard InChI is InChI=1S/C18H22ClN5O4S/c1-26-9-27-7-10-4-11-8-28-14-13(2-3-21-17(14)24(11)5-10)29-18-16(20)23-15(19)12(6-25)22-18/h2-3,10-11,25H,4-9H2,1H3,(H2,20,23)/t10?,11-/m0/s1. The van der Waals surface area contributed by atoms with Gasteiger partial charge in [0.25, 0.3) is 0 Å². The molecule has 2 aromatic heterocycles. The van der Waals surface area contributed by atoms with Gasteiger partial charge in [-0.15, -0.1) is 0 Å². The van der Waals surface area contributed by atoms with E-state index in [1.807, 2.05) is 6.07 Å². The van der Waals surface area contributed by atoms with Crippen LogP contribution in [0.25, 0.3) is 0 Å². The molecule has 1 unspecified atom stereocenters. The first-order valence-electron chi connectivity index (χ1n) is 9.16. The Morgan fingerprint density at radius 3 is 3.10 bits per heavy atom. The average Bonchev–Trinajstić information content (AvgIpc) is 3.14. The minimum absolute atomic E-state index is 0.101. The zero-order valence-corrected chi connectivity index (χ0v) is 17.4. The summed E-state index contributed by atoms with van der Waals surface area (Å²) in [6.45, 7) is 2.06. The van der Waals surface area contributed by atoms with Crippen molar-refractivity contribution in [3.8, 4) is 5.75 Å². The lowest BCUT2D eigenvalue weighted by atomic mass is 10.1. The van der Waals surface area contributed by atoms with Gasteiger partial charge in [0.05, 0.1) is 24.2 Å². The van der Waals surface area contributed by atoms with Gasteiger partial charge in [-0.3, -0.25) is 0 Å². The first kappa shape index (κ1) is 20.4. The van der Waals surface area contributed by atoms with Crippen molar-refractivity contribution in [1.29, 1.82) is 0 Å². The van der Waals surface area contributed by atoms with Gasteiger partial charge in [0, 0.05) is 25.8 Å². The number of ether oxygens (including phenoxy) is 3. The highest BCUT2D eigenvalue weighted by Gasteiger charge is 2.38. The zero-order valence-electron chi connectivity index (χ0n) is 15.9. The molecule has 11 heteroatoms. The maximum Gasteiger partial charge on any atom is 0.175 e. The summed E-state index contributed by atoms with van der Waals surface area (Å²) in [5.41, 5.74) is 6.26. The molecule has 0 bridgehead atoms. The summed E-state index contributed by atoms with van der Waals surface area (Å²) < 4.78 is 16.6. The number of methoxy groups -OCH3 is 1. The molecule has 9 nitrogen and oxygen atoms in total. The largest absolute Gasteiger partial charge is 0.486 e. The normalized spacial score (nSPS) is 20.3. The second-order valence-corrected chi connectivity index (χ2v) is 8.26. The third-order valence-electron chi connectivity index (χ3n) is 4.87. The molecular weight excluding hydrogens is 418 g/mol. The Balaban J connectivity index is 1.56. The SMILES string of the molecule is COCOCC1C[C@H]2COc3c(Sc4nc(CO)c(Cl)nc4N)ccnc3N2C1. The van der Waals surface area contributed by atoms with Crippen molar-refractivity contribution in [3.05, 3.63) is 23.1 Å². The number of aromatic nitrogens is 3. The van der Waals surface area contributed by atoms with Crippen LogP contribution < -0.4 is 15.4 Å². The van der Waals surface area contributed by atoms with Gasteiger partial charge in [0.1, 0.15) is 24.1 Å². The quantitative estimate of drug-likeness (QED) is 0.489. The van der Waals surface area contributed by atoms with Crippen molar-refractivity contribution >= 4 is 35.0 Å². The minimum Gasteiger partial charge on any atom is -0.486 e. The van der Waals surface area contributed by atoms with E-state index in [-0.39, 0.29) is 29.3 Å². The molecule has 2 aliphatic heterocycles. The molecule has 156 valence electrons. The fourth-order valence-electron chi connectivity index (χ4n) is 3.59. The predicted molar refractivity (Wildman–Crippen MR) is 108 cm³/mol. The van der Waals surface area contributed by atoms with E-state index in [0.29, 0.717) is 36.7 Å².